The van der Waals surface area contributed by atoms with E-state index in [-0.39, 0.29) is 0 Å². The first kappa shape index (κ1) is 12.9. The van der Waals surface area contributed by atoms with Gasteiger partial charge in [0.2, 0.25) is 0 Å². The van der Waals surface area contributed by atoms with Crippen LogP contribution in [-0.2, 0) is 4.74 Å². The molecule has 1 aromatic rings. The van der Waals surface area contributed by atoms with E-state index in [1.165, 1.54) is 0 Å². The number of aliphatic hydroxyl groups is 2. The molecular formula is C10H13FN2O5. The maximum Gasteiger partial charge on any atom is 0.330 e. The summed E-state index contributed by atoms with van der Waals surface area (Å²) < 4.78 is 20.3. The van der Waals surface area contributed by atoms with Crippen LogP contribution in [0.1, 0.15) is 13.2 Å². The summed E-state index contributed by atoms with van der Waals surface area (Å²) in [5, 5.41) is 18.6. The molecular weight excluding hydrogens is 247 g/mol. The zero-order valence-electron chi connectivity index (χ0n) is 9.54. The van der Waals surface area contributed by atoms with Crippen molar-refractivity contribution in [2.75, 3.05) is 6.61 Å². The SMILES string of the molecule is C[C@]1(F)[C@H](O)[C@@H](CO)O[C@H]1n1ccc(=O)[nH]c1=O. The second-order valence-electron chi connectivity index (χ2n) is 4.32. The van der Waals surface area contributed by atoms with E-state index in [0.717, 1.165) is 23.8 Å². The molecule has 8 heteroatoms. The standard InChI is InChI=1S/C10H13FN2O5/c1-10(11)7(16)5(4-14)18-8(10)13-3-2-6(15)12-9(13)17/h2-3,5,7-8,14,16H,4H2,1H3,(H,12,15,17)/t5-,7-,8-,10+/m1/s1. The minimum atomic E-state index is -2.25. The molecule has 0 bridgehead atoms. The monoisotopic (exact) mass is 260 g/mol. The quantitative estimate of drug-likeness (QED) is 0.601. The molecule has 18 heavy (non-hydrogen) atoms. The van der Waals surface area contributed by atoms with Crippen molar-refractivity contribution in [3.8, 4) is 0 Å². The molecule has 2 rings (SSSR count). The number of halogens is 1. The second kappa shape index (κ2) is 4.30. The van der Waals surface area contributed by atoms with E-state index in [2.05, 4.69) is 0 Å². The van der Waals surface area contributed by atoms with Crippen LogP contribution in [0.2, 0.25) is 0 Å². The fraction of sp³-hybridized carbons (Fsp3) is 0.600. The van der Waals surface area contributed by atoms with Crippen LogP contribution < -0.4 is 11.2 Å². The lowest BCUT2D eigenvalue weighted by Gasteiger charge is -2.24. The van der Waals surface area contributed by atoms with Crippen LogP contribution in [0.5, 0.6) is 0 Å². The fourth-order valence-electron chi connectivity index (χ4n) is 1.97. The number of aromatic nitrogens is 2. The van der Waals surface area contributed by atoms with Gasteiger partial charge in [-0.15, -0.1) is 0 Å². The molecule has 100 valence electrons. The molecule has 3 N–H and O–H groups in total. The average molecular weight is 260 g/mol. The van der Waals surface area contributed by atoms with Crippen molar-refractivity contribution in [1.29, 1.82) is 0 Å². The summed E-state index contributed by atoms with van der Waals surface area (Å²) in [5.74, 6) is 0. The number of H-pyrrole nitrogens is 1. The highest BCUT2D eigenvalue weighted by Crippen LogP contribution is 2.40. The number of alkyl halides is 1. The maximum atomic E-state index is 14.3. The minimum absolute atomic E-state index is 0.574. The van der Waals surface area contributed by atoms with Gasteiger partial charge in [-0.3, -0.25) is 14.3 Å². The van der Waals surface area contributed by atoms with Crippen molar-refractivity contribution < 1.29 is 19.3 Å². The number of aliphatic hydroxyl groups excluding tert-OH is 2. The lowest BCUT2D eigenvalue weighted by molar-refractivity contribution is -0.0611. The van der Waals surface area contributed by atoms with Gasteiger partial charge in [0.25, 0.3) is 5.56 Å². The number of nitrogens with one attached hydrogen (secondary N) is 1. The van der Waals surface area contributed by atoms with E-state index in [1.54, 1.807) is 0 Å². The molecule has 0 spiro atoms. The van der Waals surface area contributed by atoms with Crippen LogP contribution in [0.4, 0.5) is 4.39 Å². The smallest absolute Gasteiger partial charge is 0.330 e. The summed E-state index contributed by atoms with van der Waals surface area (Å²) in [6.07, 6.45) is -3.01. The summed E-state index contributed by atoms with van der Waals surface area (Å²) >= 11 is 0. The van der Waals surface area contributed by atoms with Gasteiger partial charge < -0.3 is 14.9 Å². The Morgan fingerprint density at radius 2 is 2.28 bits per heavy atom. The highest BCUT2D eigenvalue weighted by molar-refractivity contribution is 5.01. The van der Waals surface area contributed by atoms with Gasteiger partial charge in [0.05, 0.1) is 6.61 Å². The molecule has 0 radical (unpaired) electrons. The first-order valence-electron chi connectivity index (χ1n) is 5.32. The average Bonchev–Trinajstić information content (AvgIpc) is 2.52. The van der Waals surface area contributed by atoms with Crippen LogP contribution in [0.15, 0.2) is 21.9 Å². The van der Waals surface area contributed by atoms with Crippen molar-refractivity contribution in [3.63, 3.8) is 0 Å². The number of rotatable bonds is 2. The molecule has 0 amide bonds. The maximum absolute atomic E-state index is 14.3. The lowest BCUT2D eigenvalue weighted by atomic mass is 9.98. The summed E-state index contributed by atoms with van der Waals surface area (Å²) in [4.78, 5) is 24.4. The molecule has 4 atom stereocenters. The van der Waals surface area contributed by atoms with Gasteiger partial charge in [-0.25, -0.2) is 9.18 Å². The molecule has 1 aromatic heterocycles. The Bertz CT molecular complexity index is 552. The Morgan fingerprint density at radius 1 is 1.61 bits per heavy atom. The van der Waals surface area contributed by atoms with E-state index in [4.69, 9.17) is 9.84 Å². The molecule has 2 heterocycles. The normalized spacial score (nSPS) is 35.9. The van der Waals surface area contributed by atoms with Gasteiger partial charge in [0.1, 0.15) is 12.2 Å². The summed E-state index contributed by atoms with van der Waals surface area (Å²) in [5.41, 5.74) is -3.72. The van der Waals surface area contributed by atoms with E-state index in [1.807, 2.05) is 4.98 Å². The molecule has 7 nitrogen and oxygen atoms in total. The van der Waals surface area contributed by atoms with Crippen molar-refractivity contribution in [2.45, 2.75) is 31.0 Å². The first-order chi connectivity index (χ1) is 8.37. The summed E-state index contributed by atoms with van der Waals surface area (Å²) in [6.45, 7) is 0.491. The topological polar surface area (TPSA) is 105 Å². The lowest BCUT2D eigenvalue weighted by Crippen LogP contribution is -2.43. The Labute approximate surface area is 100 Å². The predicted octanol–water partition coefficient (Wildman–Crippen LogP) is -1.48. The first-order valence-corrected chi connectivity index (χ1v) is 5.32. The summed E-state index contributed by atoms with van der Waals surface area (Å²) in [7, 11) is 0. The third-order valence-electron chi connectivity index (χ3n) is 3.00. The molecule has 0 unspecified atom stereocenters. The molecule has 1 aliphatic heterocycles. The molecule has 0 aromatic carbocycles. The highest BCUT2D eigenvalue weighted by Gasteiger charge is 2.54. The Hall–Kier alpha value is -1.51. The molecule has 1 saturated heterocycles. The second-order valence-corrected chi connectivity index (χ2v) is 4.32. The number of hydrogen-bond donors (Lipinski definition) is 3. The predicted molar refractivity (Wildman–Crippen MR) is 57.8 cm³/mol. The van der Waals surface area contributed by atoms with Crippen LogP contribution in [0, 0.1) is 0 Å². The molecule has 1 aliphatic rings. The number of nitrogens with zero attached hydrogens (tertiary/aromatic N) is 1. The van der Waals surface area contributed by atoms with E-state index in [0.29, 0.717) is 0 Å². The largest absolute Gasteiger partial charge is 0.394 e. The Kier molecular flexibility index (Phi) is 3.09. The van der Waals surface area contributed by atoms with Gasteiger partial charge in [-0.2, -0.15) is 0 Å². The van der Waals surface area contributed by atoms with E-state index >= 15 is 0 Å². The van der Waals surface area contributed by atoms with Gasteiger partial charge in [0, 0.05) is 12.3 Å². The van der Waals surface area contributed by atoms with Gasteiger partial charge in [-0.05, 0) is 6.92 Å². The fourth-order valence-corrected chi connectivity index (χ4v) is 1.97. The molecule has 1 fully saturated rings. The van der Waals surface area contributed by atoms with Crippen LogP contribution >= 0.6 is 0 Å². The Balaban J connectivity index is 2.45. The zero-order valence-corrected chi connectivity index (χ0v) is 9.54. The van der Waals surface area contributed by atoms with E-state index < -0.39 is 42.0 Å². The molecule has 0 aliphatic carbocycles. The van der Waals surface area contributed by atoms with Crippen molar-refractivity contribution >= 4 is 0 Å². The van der Waals surface area contributed by atoms with Crippen LogP contribution in [0.3, 0.4) is 0 Å². The minimum Gasteiger partial charge on any atom is -0.394 e. The van der Waals surface area contributed by atoms with Crippen LogP contribution in [0.25, 0.3) is 0 Å². The number of ether oxygens (including phenoxy) is 1. The third kappa shape index (κ3) is 1.88. The van der Waals surface area contributed by atoms with E-state index in [9.17, 15) is 19.1 Å². The zero-order chi connectivity index (χ0) is 13.5. The van der Waals surface area contributed by atoms with Gasteiger partial charge in [0.15, 0.2) is 11.9 Å². The highest BCUT2D eigenvalue weighted by atomic mass is 19.1. The third-order valence-corrected chi connectivity index (χ3v) is 3.00. The van der Waals surface area contributed by atoms with Crippen molar-refractivity contribution in [1.82, 2.24) is 9.55 Å². The van der Waals surface area contributed by atoms with Crippen molar-refractivity contribution in [2.24, 2.45) is 0 Å². The van der Waals surface area contributed by atoms with Crippen LogP contribution in [-0.4, -0.2) is 44.2 Å². The van der Waals surface area contributed by atoms with Gasteiger partial charge in [-0.1, -0.05) is 0 Å². The number of aromatic amines is 1. The van der Waals surface area contributed by atoms with Gasteiger partial charge >= 0.3 is 5.69 Å². The Morgan fingerprint density at radius 3 is 2.78 bits per heavy atom. The van der Waals surface area contributed by atoms with Crippen molar-refractivity contribution in [3.05, 3.63) is 33.1 Å². The number of hydrogen-bond acceptors (Lipinski definition) is 5. The summed E-state index contributed by atoms with van der Waals surface area (Å²) in [6, 6.07) is 1.04. The molecule has 0 saturated carbocycles.